The number of methoxy groups -OCH3 is 1. The Kier molecular flexibility index (Phi) is 3.30. The fourth-order valence-electron chi connectivity index (χ4n) is 1.97. The molecule has 1 aromatic carbocycles. The fourth-order valence-corrected chi connectivity index (χ4v) is 1.97. The van der Waals surface area contributed by atoms with E-state index in [1.54, 1.807) is 0 Å². The molecule has 2 aromatic heterocycles. The van der Waals surface area contributed by atoms with Gasteiger partial charge in [-0.2, -0.15) is 4.68 Å². The van der Waals surface area contributed by atoms with Crippen molar-refractivity contribution in [3.63, 3.8) is 0 Å². The van der Waals surface area contributed by atoms with Gasteiger partial charge in [0, 0.05) is 5.56 Å². The van der Waals surface area contributed by atoms with E-state index in [4.69, 9.17) is 10.5 Å². The highest BCUT2D eigenvalue weighted by molar-refractivity contribution is 5.94. The Balaban J connectivity index is 2.24. The van der Waals surface area contributed by atoms with Gasteiger partial charge in [-0.25, -0.2) is 9.42 Å². The monoisotopic (exact) mass is 300 g/mol. The van der Waals surface area contributed by atoms with E-state index in [1.165, 1.54) is 11.8 Å². The Morgan fingerprint density at radius 3 is 2.59 bits per heavy atom. The molecule has 0 spiro atoms. The number of carbonyl (C=O) groups excluding carboxylic acids is 1. The lowest BCUT2D eigenvalue weighted by atomic mass is 10.1. The molecule has 9 nitrogen and oxygen atoms in total. The molecule has 0 unspecified atom stereocenters. The van der Waals surface area contributed by atoms with Gasteiger partial charge in [0.25, 0.3) is 0 Å². The van der Waals surface area contributed by atoms with E-state index in [0.29, 0.717) is 11.3 Å². The number of nitrogens with two attached hydrogens (primary N) is 1. The van der Waals surface area contributed by atoms with Crippen LogP contribution in [0.25, 0.3) is 17.1 Å². The minimum absolute atomic E-state index is 0.0367. The number of rotatable bonds is 3. The summed E-state index contributed by atoms with van der Waals surface area (Å²) in [5, 5.41) is 15.0. The van der Waals surface area contributed by atoms with Crippen LogP contribution < -0.4 is 5.73 Å². The first-order chi connectivity index (χ1) is 10.6. The minimum atomic E-state index is -0.614. The van der Waals surface area contributed by atoms with E-state index in [1.807, 2.05) is 31.2 Å². The van der Waals surface area contributed by atoms with Gasteiger partial charge in [-0.05, 0) is 17.2 Å². The molecule has 3 rings (SSSR count). The van der Waals surface area contributed by atoms with Crippen molar-refractivity contribution in [2.24, 2.45) is 0 Å². The predicted molar refractivity (Wildman–Crippen MR) is 75.1 cm³/mol. The molecule has 9 heteroatoms. The first-order valence-electron chi connectivity index (χ1n) is 6.31. The summed E-state index contributed by atoms with van der Waals surface area (Å²) in [6, 6.07) is 7.47. The third-order valence-electron chi connectivity index (χ3n) is 3.07. The molecule has 0 saturated heterocycles. The normalized spacial score (nSPS) is 10.6. The minimum Gasteiger partial charge on any atom is -0.464 e. The van der Waals surface area contributed by atoms with Crippen LogP contribution in [0.15, 0.2) is 28.9 Å². The number of carbonyl (C=O) groups is 1. The maximum Gasteiger partial charge on any atom is 0.360 e. The quantitative estimate of drug-likeness (QED) is 0.710. The number of esters is 1. The van der Waals surface area contributed by atoms with Crippen LogP contribution in [-0.2, 0) is 4.74 Å². The largest absolute Gasteiger partial charge is 0.464 e. The summed E-state index contributed by atoms with van der Waals surface area (Å²) in [6.45, 7) is 1.96. The highest BCUT2D eigenvalue weighted by Gasteiger charge is 2.25. The number of hydrogen-bond donors (Lipinski definition) is 1. The second-order valence-electron chi connectivity index (χ2n) is 4.53. The smallest absolute Gasteiger partial charge is 0.360 e. The van der Waals surface area contributed by atoms with E-state index in [0.717, 1.165) is 5.56 Å². The van der Waals surface area contributed by atoms with Gasteiger partial charge < -0.3 is 10.5 Å². The van der Waals surface area contributed by atoms with E-state index in [9.17, 15) is 4.79 Å². The lowest BCUT2D eigenvalue weighted by molar-refractivity contribution is 0.0595. The number of aryl methyl sites for hydroxylation is 1. The second-order valence-corrected chi connectivity index (χ2v) is 4.53. The average molecular weight is 300 g/mol. The van der Waals surface area contributed by atoms with Crippen LogP contribution in [0.2, 0.25) is 0 Å². The number of anilines is 1. The average Bonchev–Trinajstić information content (AvgIpc) is 3.13. The lowest BCUT2D eigenvalue weighted by Crippen LogP contribution is -2.07. The molecular weight excluding hydrogens is 288 g/mol. The van der Waals surface area contributed by atoms with Crippen molar-refractivity contribution in [2.75, 3.05) is 12.8 Å². The summed E-state index contributed by atoms with van der Waals surface area (Å²) in [5.74, 6) is -0.426. The van der Waals surface area contributed by atoms with Gasteiger partial charge in [-0.3, -0.25) is 0 Å². The molecule has 0 aliphatic rings. The van der Waals surface area contributed by atoms with Crippen LogP contribution >= 0.6 is 0 Å². The number of nitrogen functional groups attached to an aromatic ring is 1. The summed E-state index contributed by atoms with van der Waals surface area (Å²) < 4.78 is 10.6. The maximum atomic E-state index is 11.9. The third-order valence-corrected chi connectivity index (χ3v) is 3.07. The van der Waals surface area contributed by atoms with Crippen LogP contribution in [0.3, 0.4) is 0 Å². The summed E-state index contributed by atoms with van der Waals surface area (Å²) in [5.41, 5.74) is 7.92. The molecule has 0 aliphatic heterocycles. The molecule has 0 amide bonds. The maximum absolute atomic E-state index is 11.9. The molecule has 2 N–H and O–H groups in total. The van der Waals surface area contributed by atoms with Crippen molar-refractivity contribution in [3.8, 4) is 17.1 Å². The molecular formula is C13H12N6O3. The van der Waals surface area contributed by atoms with E-state index < -0.39 is 5.97 Å². The summed E-state index contributed by atoms with van der Waals surface area (Å²) in [4.78, 5) is 11.9. The van der Waals surface area contributed by atoms with Crippen LogP contribution in [-0.4, -0.2) is 38.4 Å². The zero-order chi connectivity index (χ0) is 15.7. The Hall–Kier alpha value is -3.23. The van der Waals surface area contributed by atoms with Crippen molar-refractivity contribution in [1.29, 1.82) is 0 Å². The van der Waals surface area contributed by atoms with E-state index >= 15 is 0 Å². The highest BCUT2D eigenvalue weighted by atomic mass is 16.6. The Bertz CT molecular complexity index is 821. The lowest BCUT2D eigenvalue weighted by Gasteiger charge is -2.05. The van der Waals surface area contributed by atoms with Gasteiger partial charge in [0.2, 0.25) is 11.6 Å². The topological polar surface area (TPSA) is 122 Å². The Morgan fingerprint density at radius 2 is 2.00 bits per heavy atom. The third kappa shape index (κ3) is 2.18. The van der Waals surface area contributed by atoms with Crippen molar-refractivity contribution < 1.29 is 14.2 Å². The summed E-state index contributed by atoms with van der Waals surface area (Å²) in [6.07, 6.45) is 0. The van der Waals surface area contributed by atoms with Crippen molar-refractivity contribution in [1.82, 2.24) is 25.3 Å². The standard InChI is InChI=1S/C13H12N6O3/c1-7-3-5-8(6-4-7)10-9(13(20)21-2)15-18-19(10)12-11(14)16-22-17-12/h3-6H,1-2H3,(H2,14,16). The van der Waals surface area contributed by atoms with Gasteiger partial charge in [-0.15, -0.1) is 5.10 Å². The molecule has 0 saturated carbocycles. The molecule has 112 valence electrons. The van der Waals surface area contributed by atoms with Gasteiger partial charge in [-0.1, -0.05) is 35.0 Å². The van der Waals surface area contributed by atoms with Crippen LogP contribution in [0.1, 0.15) is 16.1 Å². The Labute approximate surface area is 124 Å². The van der Waals surface area contributed by atoms with Crippen LogP contribution in [0.5, 0.6) is 0 Å². The van der Waals surface area contributed by atoms with E-state index in [-0.39, 0.29) is 17.3 Å². The first kappa shape index (κ1) is 13.7. The van der Waals surface area contributed by atoms with Crippen molar-refractivity contribution >= 4 is 11.8 Å². The van der Waals surface area contributed by atoms with Crippen molar-refractivity contribution in [2.45, 2.75) is 6.92 Å². The molecule has 0 radical (unpaired) electrons. The fraction of sp³-hybridized carbons (Fsp3) is 0.154. The number of aromatic nitrogens is 5. The van der Waals surface area contributed by atoms with Gasteiger partial charge in [0.15, 0.2) is 5.69 Å². The van der Waals surface area contributed by atoms with Gasteiger partial charge in [0.1, 0.15) is 5.69 Å². The molecule has 0 aliphatic carbocycles. The van der Waals surface area contributed by atoms with Gasteiger partial charge >= 0.3 is 5.97 Å². The van der Waals surface area contributed by atoms with Gasteiger partial charge in [0.05, 0.1) is 7.11 Å². The number of hydrogen-bond acceptors (Lipinski definition) is 8. The number of benzene rings is 1. The molecule has 0 fully saturated rings. The number of ether oxygens (including phenoxy) is 1. The molecule has 0 atom stereocenters. The second kappa shape index (κ2) is 5.28. The summed E-state index contributed by atoms with van der Waals surface area (Å²) in [7, 11) is 1.27. The summed E-state index contributed by atoms with van der Waals surface area (Å²) >= 11 is 0. The van der Waals surface area contributed by atoms with Crippen LogP contribution in [0, 0.1) is 6.92 Å². The SMILES string of the molecule is COC(=O)c1nnn(-c2nonc2N)c1-c1ccc(C)cc1. The zero-order valence-corrected chi connectivity index (χ0v) is 11.8. The zero-order valence-electron chi connectivity index (χ0n) is 11.8. The predicted octanol–water partition coefficient (Wildman–Crippen LogP) is 0.995. The highest BCUT2D eigenvalue weighted by Crippen LogP contribution is 2.26. The van der Waals surface area contributed by atoms with Crippen molar-refractivity contribution in [3.05, 3.63) is 35.5 Å². The molecule has 22 heavy (non-hydrogen) atoms. The van der Waals surface area contributed by atoms with E-state index in [2.05, 4.69) is 25.3 Å². The molecule has 2 heterocycles. The van der Waals surface area contributed by atoms with Crippen LogP contribution in [0.4, 0.5) is 5.82 Å². The first-order valence-corrected chi connectivity index (χ1v) is 6.31. The Morgan fingerprint density at radius 1 is 1.27 bits per heavy atom. The molecule has 0 bridgehead atoms. The number of nitrogens with zero attached hydrogens (tertiary/aromatic N) is 5. The molecule has 3 aromatic rings.